The van der Waals surface area contributed by atoms with Crippen molar-refractivity contribution in [1.29, 1.82) is 5.26 Å². The van der Waals surface area contributed by atoms with E-state index in [2.05, 4.69) is 21.2 Å². The number of nitrogens with zero attached hydrogens (tertiary/aromatic N) is 3. The minimum absolute atomic E-state index is 0.0270. The van der Waals surface area contributed by atoms with Crippen molar-refractivity contribution in [2.45, 2.75) is 26.8 Å². The van der Waals surface area contributed by atoms with Crippen molar-refractivity contribution in [2.24, 2.45) is 0 Å². The fourth-order valence-corrected chi connectivity index (χ4v) is 2.78. The molecule has 118 valence electrons. The minimum Gasteiger partial charge on any atom is -0.324 e. The van der Waals surface area contributed by atoms with E-state index >= 15 is 0 Å². The van der Waals surface area contributed by atoms with Gasteiger partial charge in [-0.3, -0.25) is 14.6 Å². The Balaban J connectivity index is 1.85. The predicted molar refractivity (Wildman–Crippen MR) is 87.6 cm³/mol. The van der Waals surface area contributed by atoms with Crippen molar-refractivity contribution in [3.05, 3.63) is 29.3 Å². The molecule has 1 heterocycles. The lowest BCUT2D eigenvalue weighted by molar-refractivity contribution is -0.117. The van der Waals surface area contributed by atoms with Gasteiger partial charge in [0.15, 0.2) is 0 Å². The second-order valence-corrected chi connectivity index (χ2v) is 5.93. The van der Waals surface area contributed by atoms with Crippen LogP contribution in [-0.4, -0.2) is 54.5 Å². The molecule has 0 aromatic heterocycles. The normalized spacial score (nSPS) is 17.7. The average molecular weight is 300 g/mol. The van der Waals surface area contributed by atoms with E-state index in [1.807, 2.05) is 39.0 Å². The van der Waals surface area contributed by atoms with Gasteiger partial charge in [-0.2, -0.15) is 5.26 Å². The molecule has 0 bridgehead atoms. The van der Waals surface area contributed by atoms with Gasteiger partial charge in [-0.1, -0.05) is 18.2 Å². The van der Waals surface area contributed by atoms with E-state index in [1.165, 1.54) is 0 Å². The average Bonchev–Trinajstić information content (AvgIpc) is 2.51. The molecule has 1 aliphatic heterocycles. The number of nitrogens with one attached hydrogen (secondary N) is 1. The van der Waals surface area contributed by atoms with Crippen LogP contribution in [0.2, 0.25) is 0 Å². The zero-order valence-electron chi connectivity index (χ0n) is 13.6. The summed E-state index contributed by atoms with van der Waals surface area (Å²) in [5, 5.41) is 12.0. The molecule has 22 heavy (non-hydrogen) atoms. The second kappa shape index (κ2) is 7.39. The maximum Gasteiger partial charge on any atom is 0.238 e. The Labute approximate surface area is 132 Å². The molecule has 1 aromatic rings. The molecule has 0 spiro atoms. The highest BCUT2D eigenvalue weighted by molar-refractivity contribution is 5.93. The zero-order valence-corrected chi connectivity index (χ0v) is 13.6. The molecule has 5 nitrogen and oxygen atoms in total. The van der Waals surface area contributed by atoms with E-state index in [4.69, 9.17) is 5.26 Å². The van der Waals surface area contributed by atoms with Crippen molar-refractivity contribution >= 4 is 11.6 Å². The SMILES string of the molecule is Cc1cccc(C)c1NC(=O)CN1CCN([C@@H](C)C#N)CC1. The van der Waals surface area contributed by atoms with Crippen molar-refractivity contribution in [3.8, 4) is 6.07 Å². The summed E-state index contributed by atoms with van der Waals surface area (Å²) in [5.41, 5.74) is 3.09. The van der Waals surface area contributed by atoms with Crippen molar-refractivity contribution < 1.29 is 4.79 Å². The molecule has 0 unspecified atom stereocenters. The van der Waals surface area contributed by atoms with Crippen LogP contribution < -0.4 is 5.32 Å². The van der Waals surface area contributed by atoms with Gasteiger partial charge in [0.25, 0.3) is 0 Å². The molecule has 5 heteroatoms. The monoisotopic (exact) mass is 300 g/mol. The summed E-state index contributed by atoms with van der Waals surface area (Å²) in [5.74, 6) is 0.0270. The molecule has 1 saturated heterocycles. The first-order chi connectivity index (χ1) is 10.5. The number of aryl methyl sites for hydroxylation is 2. The quantitative estimate of drug-likeness (QED) is 0.920. The van der Waals surface area contributed by atoms with Gasteiger partial charge in [-0.25, -0.2) is 0 Å². The number of piperazine rings is 1. The van der Waals surface area contributed by atoms with Gasteiger partial charge in [-0.15, -0.1) is 0 Å². The standard InChI is InChI=1S/C17H24N4O/c1-13-5-4-6-14(2)17(13)19-16(22)12-20-7-9-21(10-8-20)15(3)11-18/h4-6,15H,7-10,12H2,1-3H3,(H,19,22)/t15-/m0/s1. The first kappa shape index (κ1) is 16.5. The molecule has 1 atom stereocenters. The van der Waals surface area contributed by atoms with Gasteiger partial charge in [0.2, 0.25) is 5.91 Å². The van der Waals surface area contributed by atoms with Gasteiger partial charge in [0.1, 0.15) is 0 Å². The summed E-state index contributed by atoms with van der Waals surface area (Å²) in [6.07, 6.45) is 0. The Kier molecular flexibility index (Phi) is 5.53. The van der Waals surface area contributed by atoms with Crippen LogP contribution in [0.5, 0.6) is 0 Å². The summed E-state index contributed by atoms with van der Waals surface area (Å²) < 4.78 is 0. The van der Waals surface area contributed by atoms with Gasteiger partial charge in [-0.05, 0) is 31.9 Å². The van der Waals surface area contributed by atoms with Crippen LogP contribution in [0.1, 0.15) is 18.1 Å². The topological polar surface area (TPSA) is 59.4 Å². The molecule has 2 rings (SSSR count). The highest BCUT2D eigenvalue weighted by Crippen LogP contribution is 2.19. The Bertz CT molecular complexity index is 550. The van der Waals surface area contributed by atoms with Crippen LogP contribution in [0, 0.1) is 25.2 Å². The number of rotatable bonds is 4. The molecule has 1 amide bonds. The first-order valence-corrected chi connectivity index (χ1v) is 7.73. The van der Waals surface area contributed by atoms with E-state index in [0.29, 0.717) is 6.54 Å². The molecular weight excluding hydrogens is 276 g/mol. The number of hydrogen-bond acceptors (Lipinski definition) is 4. The highest BCUT2D eigenvalue weighted by atomic mass is 16.2. The fourth-order valence-electron chi connectivity index (χ4n) is 2.78. The van der Waals surface area contributed by atoms with Crippen LogP contribution >= 0.6 is 0 Å². The Morgan fingerprint density at radius 1 is 1.27 bits per heavy atom. The maximum atomic E-state index is 12.2. The second-order valence-electron chi connectivity index (χ2n) is 5.93. The van der Waals surface area contributed by atoms with Gasteiger partial charge >= 0.3 is 0 Å². The summed E-state index contributed by atoms with van der Waals surface area (Å²) in [6, 6.07) is 8.22. The molecule has 1 fully saturated rings. The Hall–Kier alpha value is -1.90. The molecule has 1 aromatic carbocycles. The van der Waals surface area contributed by atoms with Crippen LogP contribution in [-0.2, 0) is 4.79 Å². The summed E-state index contributed by atoms with van der Waals surface area (Å²) in [6.45, 7) is 9.66. The number of carbonyl (C=O) groups excluding carboxylic acids is 1. The number of hydrogen-bond donors (Lipinski definition) is 1. The summed E-state index contributed by atoms with van der Waals surface area (Å²) >= 11 is 0. The van der Waals surface area contributed by atoms with E-state index < -0.39 is 0 Å². The third-order valence-corrected chi connectivity index (χ3v) is 4.25. The number of anilines is 1. The van der Waals surface area contributed by atoms with Crippen molar-refractivity contribution in [3.63, 3.8) is 0 Å². The van der Waals surface area contributed by atoms with Crippen LogP contribution in [0.3, 0.4) is 0 Å². The highest BCUT2D eigenvalue weighted by Gasteiger charge is 2.22. The molecule has 1 aliphatic rings. The van der Waals surface area contributed by atoms with Gasteiger partial charge in [0.05, 0.1) is 18.7 Å². The third-order valence-electron chi connectivity index (χ3n) is 4.25. The number of carbonyl (C=O) groups is 1. The third kappa shape index (κ3) is 4.06. The zero-order chi connectivity index (χ0) is 16.1. The minimum atomic E-state index is -0.0504. The fraction of sp³-hybridized carbons (Fsp3) is 0.529. The van der Waals surface area contributed by atoms with E-state index in [9.17, 15) is 4.79 Å². The van der Waals surface area contributed by atoms with E-state index in [-0.39, 0.29) is 11.9 Å². The van der Waals surface area contributed by atoms with Crippen molar-refractivity contribution in [1.82, 2.24) is 9.80 Å². The number of nitriles is 1. The largest absolute Gasteiger partial charge is 0.324 e. The predicted octanol–water partition coefficient (Wildman–Crippen LogP) is 1.77. The molecule has 1 N–H and O–H groups in total. The maximum absolute atomic E-state index is 12.2. The van der Waals surface area contributed by atoms with E-state index in [1.54, 1.807) is 0 Å². The van der Waals surface area contributed by atoms with Crippen LogP contribution in [0.25, 0.3) is 0 Å². The Morgan fingerprint density at radius 2 is 1.86 bits per heavy atom. The van der Waals surface area contributed by atoms with Gasteiger partial charge < -0.3 is 5.32 Å². The smallest absolute Gasteiger partial charge is 0.238 e. The number of para-hydroxylation sites is 1. The summed E-state index contributed by atoms with van der Waals surface area (Å²) in [4.78, 5) is 16.5. The lowest BCUT2D eigenvalue weighted by Gasteiger charge is -2.35. The molecule has 0 aliphatic carbocycles. The van der Waals surface area contributed by atoms with Crippen molar-refractivity contribution in [2.75, 3.05) is 38.0 Å². The molecular formula is C17H24N4O. The van der Waals surface area contributed by atoms with E-state index in [0.717, 1.165) is 43.0 Å². The molecule has 0 saturated carbocycles. The number of benzene rings is 1. The Morgan fingerprint density at radius 3 is 2.41 bits per heavy atom. The van der Waals surface area contributed by atoms with Crippen LogP contribution in [0.15, 0.2) is 18.2 Å². The summed E-state index contributed by atoms with van der Waals surface area (Å²) in [7, 11) is 0. The first-order valence-electron chi connectivity index (χ1n) is 7.73. The van der Waals surface area contributed by atoms with Gasteiger partial charge in [0, 0.05) is 31.9 Å². The lowest BCUT2D eigenvalue weighted by atomic mass is 10.1. The number of amides is 1. The lowest BCUT2D eigenvalue weighted by Crippen LogP contribution is -2.50. The molecule has 0 radical (unpaired) electrons. The van der Waals surface area contributed by atoms with Crippen LogP contribution in [0.4, 0.5) is 5.69 Å².